The Labute approximate surface area is 158 Å². The molecule has 148 valence electrons. The van der Waals surface area contributed by atoms with E-state index in [0.29, 0.717) is 17.8 Å². The maximum atomic E-state index is 13.0. The van der Waals surface area contributed by atoms with Crippen LogP contribution in [0.5, 0.6) is 11.5 Å². The van der Waals surface area contributed by atoms with E-state index in [9.17, 15) is 13.6 Å². The molecule has 8 heteroatoms. The lowest BCUT2D eigenvalue weighted by Crippen LogP contribution is -2.41. The van der Waals surface area contributed by atoms with Gasteiger partial charge in [0, 0.05) is 6.42 Å². The number of halogens is 2. The summed E-state index contributed by atoms with van der Waals surface area (Å²) in [7, 11) is 0.611. The Morgan fingerprint density at radius 3 is 2.22 bits per heavy atom. The summed E-state index contributed by atoms with van der Waals surface area (Å²) >= 11 is 0. The molecule has 1 aromatic rings. The van der Waals surface area contributed by atoms with Gasteiger partial charge in [-0.05, 0) is 64.1 Å². The molecule has 1 aliphatic carbocycles. The predicted octanol–water partition coefficient (Wildman–Crippen LogP) is 3.58. The molecule has 0 aromatic heterocycles. The molecule has 1 saturated heterocycles. The van der Waals surface area contributed by atoms with Crippen molar-refractivity contribution in [2.75, 3.05) is 7.11 Å². The monoisotopic (exact) mass is 382 g/mol. The highest BCUT2D eigenvalue weighted by Crippen LogP contribution is 2.39. The van der Waals surface area contributed by atoms with Crippen LogP contribution in [0.3, 0.4) is 0 Å². The van der Waals surface area contributed by atoms with E-state index in [2.05, 4.69) is 4.74 Å². The summed E-state index contributed by atoms with van der Waals surface area (Å²) in [5, 5.41) is 0. The van der Waals surface area contributed by atoms with Crippen LogP contribution in [0.2, 0.25) is 0 Å². The minimum absolute atomic E-state index is 0.0463. The highest BCUT2D eigenvalue weighted by Gasteiger charge is 2.52. The fraction of sp³-hybridized carbons (Fsp3) is 0.632. The first-order valence-electron chi connectivity index (χ1n) is 9.09. The number of Topliss-reactive ketones (excluding diaryl/α,β-unsaturated/α-hetero) is 1. The molecule has 2 fully saturated rings. The molecule has 3 rings (SSSR count). The zero-order chi connectivity index (χ0) is 20.0. The van der Waals surface area contributed by atoms with E-state index in [1.165, 1.54) is 13.2 Å². The Bertz CT molecular complexity index is 715. The first-order chi connectivity index (χ1) is 12.5. The summed E-state index contributed by atoms with van der Waals surface area (Å²) in [4.78, 5) is 12.6. The van der Waals surface area contributed by atoms with E-state index in [-0.39, 0.29) is 22.8 Å². The van der Waals surface area contributed by atoms with E-state index < -0.39 is 24.9 Å². The molecule has 0 N–H and O–H groups in total. The lowest BCUT2D eigenvalue weighted by Gasteiger charge is -2.32. The number of methoxy groups -OCH3 is 1. The molecule has 1 aromatic carbocycles. The topological polar surface area (TPSA) is 54.0 Å². The number of carbonyl (C=O) groups excluding carboxylic acids is 1. The normalized spacial score (nSPS) is 20.8. The van der Waals surface area contributed by atoms with Gasteiger partial charge in [-0.3, -0.25) is 4.79 Å². The van der Waals surface area contributed by atoms with E-state index in [4.69, 9.17) is 14.0 Å². The number of ether oxygens (including phenoxy) is 2. The van der Waals surface area contributed by atoms with E-state index >= 15 is 0 Å². The Kier molecular flexibility index (Phi) is 5.25. The zero-order valence-electron chi connectivity index (χ0n) is 16.3. The fourth-order valence-electron chi connectivity index (χ4n) is 3.04. The first-order valence-corrected chi connectivity index (χ1v) is 9.09. The maximum absolute atomic E-state index is 13.0. The van der Waals surface area contributed by atoms with Gasteiger partial charge in [0.15, 0.2) is 5.78 Å². The molecule has 1 aliphatic heterocycles. The van der Waals surface area contributed by atoms with Crippen molar-refractivity contribution in [1.29, 1.82) is 0 Å². The van der Waals surface area contributed by atoms with Crippen LogP contribution in [0, 0.1) is 5.92 Å². The van der Waals surface area contributed by atoms with Crippen molar-refractivity contribution in [3.8, 4) is 11.5 Å². The zero-order valence-corrected chi connectivity index (χ0v) is 16.3. The molecule has 0 atom stereocenters. The van der Waals surface area contributed by atoms with Gasteiger partial charge in [0.05, 0.1) is 18.3 Å². The number of rotatable bonds is 7. The molecule has 2 aliphatic rings. The Morgan fingerprint density at radius 1 is 1.19 bits per heavy atom. The van der Waals surface area contributed by atoms with Gasteiger partial charge in [-0.15, -0.1) is 0 Å². The molecule has 5 nitrogen and oxygen atoms in total. The number of ketones is 1. The van der Waals surface area contributed by atoms with Crippen LogP contribution in [0.4, 0.5) is 8.78 Å². The van der Waals surface area contributed by atoms with Crippen LogP contribution in [-0.4, -0.2) is 37.8 Å². The molecule has 27 heavy (non-hydrogen) atoms. The molecule has 0 amide bonds. The van der Waals surface area contributed by atoms with Gasteiger partial charge in [-0.1, -0.05) is 0 Å². The van der Waals surface area contributed by atoms with Crippen LogP contribution < -0.4 is 14.9 Å². The average Bonchev–Trinajstić information content (AvgIpc) is 3.32. The predicted molar refractivity (Wildman–Crippen MR) is 97.0 cm³/mol. The molecular formula is C19H25BF2O5. The number of benzene rings is 1. The number of hydrogen-bond donors (Lipinski definition) is 0. The van der Waals surface area contributed by atoms with Gasteiger partial charge in [-0.2, -0.15) is 8.78 Å². The summed E-state index contributed by atoms with van der Waals surface area (Å²) in [5.74, 6) is 0.0260. The number of hydrogen-bond acceptors (Lipinski definition) is 5. The van der Waals surface area contributed by atoms with Crippen molar-refractivity contribution in [1.82, 2.24) is 0 Å². The molecule has 1 heterocycles. The SMILES string of the molecule is COc1cc(B2OC(C)(C)C(C)(C)O2)cc(OC(F)F)c1C(=O)CC1CC1. The Morgan fingerprint density at radius 2 is 1.74 bits per heavy atom. The molecule has 0 bridgehead atoms. The molecule has 0 spiro atoms. The molecule has 0 unspecified atom stereocenters. The van der Waals surface area contributed by atoms with Crippen LogP contribution in [0.25, 0.3) is 0 Å². The van der Waals surface area contributed by atoms with Gasteiger partial charge in [0.1, 0.15) is 17.1 Å². The molecule has 1 saturated carbocycles. The quantitative estimate of drug-likeness (QED) is 0.533. The summed E-state index contributed by atoms with van der Waals surface area (Å²) in [6, 6.07) is 2.98. The van der Waals surface area contributed by atoms with Gasteiger partial charge < -0.3 is 18.8 Å². The fourth-order valence-corrected chi connectivity index (χ4v) is 3.04. The first kappa shape index (κ1) is 20.1. The van der Waals surface area contributed by atoms with Crippen molar-refractivity contribution in [3.63, 3.8) is 0 Å². The second-order valence-corrected chi connectivity index (χ2v) is 8.13. The van der Waals surface area contributed by atoms with E-state index in [1.807, 2.05) is 27.7 Å². The smallest absolute Gasteiger partial charge is 0.495 e. The number of alkyl halides is 2. The standard InChI is InChI=1S/C19H25BF2O5/c1-18(2)19(3,4)27-20(26-18)12-9-14(24-5)16(13(23)8-11-6-7-11)15(10-12)25-17(21)22/h9-11,17H,6-8H2,1-5H3. The third-order valence-corrected chi connectivity index (χ3v) is 5.50. The minimum atomic E-state index is -3.06. The third kappa shape index (κ3) is 4.11. The minimum Gasteiger partial charge on any atom is -0.496 e. The van der Waals surface area contributed by atoms with Gasteiger partial charge >= 0.3 is 13.7 Å². The highest BCUT2D eigenvalue weighted by atomic mass is 19.3. The number of carbonyl (C=O) groups is 1. The highest BCUT2D eigenvalue weighted by molar-refractivity contribution is 6.62. The second-order valence-electron chi connectivity index (χ2n) is 8.13. The molecule has 0 radical (unpaired) electrons. The van der Waals surface area contributed by atoms with Gasteiger partial charge in [0.2, 0.25) is 0 Å². The van der Waals surface area contributed by atoms with Crippen LogP contribution in [0.1, 0.15) is 57.3 Å². The van der Waals surface area contributed by atoms with Crippen LogP contribution >= 0.6 is 0 Å². The summed E-state index contributed by atoms with van der Waals surface area (Å²) in [6.07, 6.45) is 2.25. The molecular weight excluding hydrogens is 357 g/mol. The van der Waals surface area contributed by atoms with Gasteiger partial charge in [-0.25, -0.2) is 0 Å². The largest absolute Gasteiger partial charge is 0.496 e. The second kappa shape index (κ2) is 7.06. The van der Waals surface area contributed by atoms with E-state index in [1.54, 1.807) is 6.07 Å². The summed E-state index contributed by atoms with van der Waals surface area (Å²) < 4.78 is 48.0. The lowest BCUT2D eigenvalue weighted by atomic mass is 9.78. The van der Waals surface area contributed by atoms with Crippen LogP contribution in [-0.2, 0) is 9.31 Å². The van der Waals surface area contributed by atoms with Crippen molar-refractivity contribution >= 4 is 18.4 Å². The van der Waals surface area contributed by atoms with E-state index in [0.717, 1.165) is 12.8 Å². The maximum Gasteiger partial charge on any atom is 0.495 e. The Hall–Kier alpha value is -1.67. The van der Waals surface area contributed by atoms with Crippen molar-refractivity contribution < 1.29 is 32.4 Å². The average molecular weight is 382 g/mol. The summed E-state index contributed by atoms with van der Waals surface area (Å²) in [6.45, 7) is 4.53. The lowest BCUT2D eigenvalue weighted by molar-refractivity contribution is -0.0502. The van der Waals surface area contributed by atoms with Crippen molar-refractivity contribution in [2.45, 2.75) is 64.8 Å². The van der Waals surface area contributed by atoms with Crippen LogP contribution in [0.15, 0.2) is 12.1 Å². The third-order valence-electron chi connectivity index (χ3n) is 5.50. The van der Waals surface area contributed by atoms with Crippen molar-refractivity contribution in [2.24, 2.45) is 5.92 Å². The van der Waals surface area contributed by atoms with Gasteiger partial charge in [0.25, 0.3) is 0 Å². The van der Waals surface area contributed by atoms with Crippen molar-refractivity contribution in [3.05, 3.63) is 17.7 Å². The summed E-state index contributed by atoms with van der Waals surface area (Å²) in [5.41, 5.74) is -0.668. The Balaban J connectivity index is 2.00.